The van der Waals surface area contributed by atoms with E-state index in [1.807, 2.05) is 32.0 Å². The van der Waals surface area contributed by atoms with Gasteiger partial charge in [0.05, 0.1) is 30.3 Å². The summed E-state index contributed by atoms with van der Waals surface area (Å²) in [6, 6.07) is 12.3. The molecular weight excluding hydrogens is 482 g/mol. The van der Waals surface area contributed by atoms with Crippen molar-refractivity contribution in [3.05, 3.63) is 86.4 Å². The second-order valence-electron chi connectivity index (χ2n) is 8.28. The average molecular weight is 504 g/mol. The topological polar surface area (TPSA) is 120 Å². The molecule has 36 heavy (non-hydrogen) atoms. The van der Waals surface area contributed by atoms with E-state index in [-0.39, 0.29) is 17.1 Å². The molecule has 0 aliphatic carbocycles. The number of H-pyrrole nitrogens is 1. The number of rotatable bonds is 5. The minimum Gasteiger partial charge on any atom is -0.496 e. The molecule has 0 spiro atoms. The van der Waals surface area contributed by atoms with E-state index in [4.69, 9.17) is 16.3 Å². The van der Waals surface area contributed by atoms with Crippen molar-refractivity contribution >= 4 is 34.4 Å². The molecule has 3 heterocycles. The number of halogens is 1. The monoisotopic (exact) mass is 503 g/mol. The summed E-state index contributed by atoms with van der Waals surface area (Å²) in [6.07, 6.45) is 1.48. The van der Waals surface area contributed by atoms with E-state index in [0.717, 1.165) is 16.8 Å². The number of nitrogens with one attached hydrogen (secondary N) is 2. The summed E-state index contributed by atoms with van der Waals surface area (Å²) in [5.41, 5.74) is 3.76. The predicted molar refractivity (Wildman–Crippen MR) is 137 cm³/mol. The molecule has 0 unspecified atom stereocenters. The molecule has 0 saturated heterocycles. The maximum atomic E-state index is 13.1. The van der Waals surface area contributed by atoms with Crippen LogP contribution in [0.4, 0.5) is 5.82 Å². The summed E-state index contributed by atoms with van der Waals surface area (Å²) in [7, 11) is 1.47. The SMILES string of the molecule is COc1ccc(Cl)cc1C(=O)Nc1cc(C)nn1-c1nc2c(cnn2-c2cccc(C)c2C)c(=O)[nH]1. The van der Waals surface area contributed by atoms with Gasteiger partial charge in [-0.05, 0) is 56.2 Å². The number of carbonyl (C=O) groups is 1. The van der Waals surface area contributed by atoms with Crippen molar-refractivity contribution in [3.8, 4) is 17.4 Å². The summed E-state index contributed by atoms with van der Waals surface area (Å²) in [5.74, 6) is 0.338. The molecule has 1 amide bonds. The zero-order chi connectivity index (χ0) is 25.6. The number of amides is 1. The summed E-state index contributed by atoms with van der Waals surface area (Å²) in [5, 5.41) is 12.4. The van der Waals surface area contributed by atoms with Crippen molar-refractivity contribution < 1.29 is 9.53 Å². The molecule has 182 valence electrons. The Labute approximate surface area is 210 Å². The average Bonchev–Trinajstić information content (AvgIpc) is 3.44. The molecule has 0 fully saturated rings. The maximum Gasteiger partial charge on any atom is 0.263 e. The normalized spacial score (nSPS) is 11.1. The van der Waals surface area contributed by atoms with Crippen LogP contribution >= 0.6 is 11.6 Å². The van der Waals surface area contributed by atoms with Crippen LogP contribution < -0.4 is 15.6 Å². The van der Waals surface area contributed by atoms with Gasteiger partial charge in [-0.3, -0.25) is 14.6 Å². The van der Waals surface area contributed by atoms with E-state index in [0.29, 0.717) is 33.3 Å². The van der Waals surface area contributed by atoms with Crippen molar-refractivity contribution in [3.63, 3.8) is 0 Å². The third kappa shape index (κ3) is 4.01. The van der Waals surface area contributed by atoms with Gasteiger partial charge < -0.3 is 10.1 Å². The van der Waals surface area contributed by atoms with Gasteiger partial charge in [-0.25, -0.2) is 4.68 Å². The summed E-state index contributed by atoms with van der Waals surface area (Å²) in [4.78, 5) is 33.4. The standard InChI is InChI=1S/C25H22ClN7O3/c1-13-6-5-7-19(15(13)3)32-22-18(12-27-32)24(35)30-25(29-22)33-21(10-14(2)31-33)28-23(34)17-11-16(26)8-9-20(17)36-4/h5-12H,1-4H3,(H,28,34)(H,29,30,35). The zero-order valence-electron chi connectivity index (χ0n) is 20.0. The molecule has 11 heteroatoms. The molecule has 0 aliphatic heterocycles. The van der Waals surface area contributed by atoms with Crippen LogP contribution in [0.15, 0.2) is 53.5 Å². The summed E-state index contributed by atoms with van der Waals surface area (Å²) >= 11 is 6.09. The Balaban J connectivity index is 1.61. The number of benzene rings is 2. The molecule has 0 aliphatic rings. The van der Waals surface area contributed by atoms with Gasteiger partial charge in [0.15, 0.2) is 5.65 Å². The van der Waals surface area contributed by atoms with Crippen molar-refractivity contribution in [2.75, 3.05) is 12.4 Å². The minimum atomic E-state index is -0.459. The summed E-state index contributed by atoms with van der Waals surface area (Å²) in [6.45, 7) is 5.76. The third-order valence-electron chi connectivity index (χ3n) is 5.91. The number of methoxy groups -OCH3 is 1. The number of carbonyl (C=O) groups excluding carboxylic acids is 1. The van der Waals surface area contributed by atoms with Gasteiger partial charge in [-0.2, -0.15) is 19.9 Å². The molecule has 0 saturated carbocycles. The number of hydrogen-bond acceptors (Lipinski definition) is 6. The fraction of sp³-hybridized carbons (Fsp3) is 0.160. The van der Waals surface area contributed by atoms with Gasteiger partial charge in [-0.15, -0.1) is 0 Å². The van der Waals surface area contributed by atoms with Gasteiger partial charge in [0.2, 0.25) is 5.95 Å². The first-order valence-corrected chi connectivity index (χ1v) is 11.4. The number of hydrogen-bond donors (Lipinski definition) is 2. The van der Waals surface area contributed by atoms with Crippen LogP contribution in [0.5, 0.6) is 5.75 Å². The molecule has 0 bridgehead atoms. The Morgan fingerprint density at radius 1 is 1.11 bits per heavy atom. The first-order valence-electron chi connectivity index (χ1n) is 11.0. The van der Waals surface area contributed by atoms with Crippen molar-refractivity contribution in [2.24, 2.45) is 0 Å². The quantitative estimate of drug-likeness (QED) is 0.372. The highest BCUT2D eigenvalue weighted by Gasteiger charge is 2.20. The van der Waals surface area contributed by atoms with Crippen molar-refractivity contribution in [2.45, 2.75) is 20.8 Å². The molecule has 2 N–H and O–H groups in total. The maximum absolute atomic E-state index is 13.1. The molecule has 5 aromatic rings. The Kier molecular flexibility index (Phi) is 5.81. The van der Waals surface area contributed by atoms with Crippen LogP contribution in [0.2, 0.25) is 5.02 Å². The lowest BCUT2D eigenvalue weighted by Gasteiger charge is -2.12. The number of aromatic amines is 1. The van der Waals surface area contributed by atoms with Crippen LogP contribution in [0, 0.1) is 20.8 Å². The molecular formula is C25H22ClN7O3. The number of fused-ring (bicyclic) bond motifs is 1. The largest absolute Gasteiger partial charge is 0.496 e. The van der Waals surface area contributed by atoms with Crippen LogP contribution in [-0.4, -0.2) is 42.5 Å². The highest BCUT2D eigenvalue weighted by atomic mass is 35.5. The van der Waals surface area contributed by atoms with Gasteiger partial charge in [0.25, 0.3) is 11.5 Å². The Morgan fingerprint density at radius 3 is 2.69 bits per heavy atom. The van der Waals surface area contributed by atoms with Crippen LogP contribution in [-0.2, 0) is 0 Å². The fourth-order valence-electron chi connectivity index (χ4n) is 3.94. The van der Waals surface area contributed by atoms with E-state index >= 15 is 0 Å². The number of aromatic nitrogens is 6. The minimum absolute atomic E-state index is 0.126. The molecule has 0 atom stereocenters. The third-order valence-corrected chi connectivity index (χ3v) is 6.14. The fourth-order valence-corrected chi connectivity index (χ4v) is 4.11. The number of ether oxygens (including phenoxy) is 1. The highest BCUT2D eigenvalue weighted by molar-refractivity contribution is 6.31. The lowest BCUT2D eigenvalue weighted by Crippen LogP contribution is -2.19. The van der Waals surface area contributed by atoms with Gasteiger partial charge >= 0.3 is 0 Å². The van der Waals surface area contributed by atoms with E-state index in [1.54, 1.807) is 29.8 Å². The van der Waals surface area contributed by atoms with Crippen LogP contribution in [0.3, 0.4) is 0 Å². The predicted octanol–water partition coefficient (Wildman–Crippen LogP) is 4.13. The molecule has 10 nitrogen and oxygen atoms in total. The molecule has 5 rings (SSSR count). The van der Waals surface area contributed by atoms with Gasteiger partial charge in [0, 0.05) is 11.1 Å². The molecule has 3 aromatic heterocycles. The zero-order valence-corrected chi connectivity index (χ0v) is 20.7. The van der Waals surface area contributed by atoms with Gasteiger partial charge in [-0.1, -0.05) is 23.7 Å². The lowest BCUT2D eigenvalue weighted by molar-refractivity contribution is 0.102. The van der Waals surface area contributed by atoms with Crippen molar-refractivity contribution in [1.29, 1.82) is 0 Å². The molecule has 2 aromatic carbocycles. The smallest absolute Gasteiger partial charge is 0.263 e. The van der Waals surface area contributed by atoms with E-state index < -0.39 is 5.91 Å². The first kappa shape index (κ1) is 23.3. The second kappa shape index (κ2) is 8.97. The van der Waals surface area contributed by atoms with E-state index in [9.17, 15) is 9.59 Å². The number of nitrogens with zero attached hydrogens (tertiary/aromatic N) is 5. The van der Waals surface area contributed by atoms with Crippen LogP contribution in [0.1, 0.15) is 27.2 Å². The Morgan fingerprint density at radius 2 is 1.92 bits per heavy atom. The first-order chi connectivity index (χ1) is 17.3. The number of anilines is 1. The van der Waals surface area contributed by atoms with E-state index in [1.165, 1.54) is 24.1 Å². The summed E-state index contributed by atoms with van der Waals surface area (Å²) < 4.78 is 8.29. The lowest BCUT2D eigenvalue weighted by atomic mass is 10.1. The Bertz CT molecular complexity index is 1700. The number of aryl methyl sites for hydroxylation is 2. The highest BCUT2D eigenvalue weighted by Crippen LogP contribution is 2.25. The Hall–Kier alpha value is -4.44. The van der Waals surface area contributed by atoms with Crippen molar-refractivity contribution in [1.82, 2.24) is 29.5 Å². The second-order valence-corrected chi connectivity index (χ2v) is 8.72. The van der Waals surface area contributed by atoms with E-state index in [2.05, 4.69) is 25.5 Å². The van der Waals surface area contributed by atoms with Gasteiger partial charge in [0.1, 0.15) is 17.0 Å². The van der Waals surface area contributed by atoms with Crippen LogP contribution in [0.25, 0.3) is 22.7 Å². The molecule has 0 radical (unpaired) electrons.